The standard InChI is InChI=1S/C11H9ClN4O3/c12-10-9(6-14-15-11(10)17)13-5-7-2-1-3-8(4-7)16(18)19/h1-4,6H,5H2,(H2,13,15,17). The average Bonchev–Trinajstić information content (AvgIpc) is 2.41. The molecule has 1 heterocycles. The molecule has 0 spiro atoms. The highest BCUT2D eigenvalue weighted by atomic mass is 35.5. The summed E-state index contributed by atoms with van der Waals surface area (Å²) >= 11 is 5.79. The van der Waals surface area contributed by atoms with Crippen molar-refractivity contribution in [1.29, 1.82) is 0 Å². The van der Waals surface area contributed by atoms with Crippen LogP contribution in [0, 0.1) is 10.1 Å². The van der Waals surface area contributed by atoms with Gasteiger partial charge in [0.25, 0.3) is 11.2 Å². The number of nitrogens with zero attached hydrogens (tertiary/aromatic N) is 2. The van der Waals surface area contributed by atoms with Crippen LogP contribution in [0.4, 0.5) is 11.4 Å². The molecular formula is C11H9ClN4O3. The molecule has 0 bridgehead atoms. The summed E-state index contributed by atoms with van der Waals surface area (Å²) in [6.45, 7) is 0.298. The monoisotopic (exact) mass is 280 g/mol. The van der Waals surface area contributed by atoms with Gasteiger partial charge in [-0.3, -0.25) is 14.9 Å². The van der Waals surface area contributed by atoms with Crippen molar-refractivity contribution in [1.82, 2.24) is 10.2 Å². The molecule has 0 unspecified atom stereocenters. The van der Waals surface area contributed by atoms with Gasteiger partial charge in [0.2, 0.25) is 0 Å². The van der Waals surface area contributed by atoms with Crippen LogP contribution in [0.15, 0.2) is 35.3 Å². The van der Waals surface area contributed by atoms with Gasteiger partial charge in [-0.05, 0) is 5.56 Å². The molecule has 1 aromatic heterocycles. The molecule has 8 heteroatoms. The zero-order valence-corrected chi connectivity index (χ0v) is 10.3. The molecule has 0 saturated carbocycles. The van der Waals surface area contributed by atoms with Crippen molar-refractivity contribution in [2.45, 2.75) is 6.54 Å². The minimum absolute atomic E-state index is 0.000399. The Hall–Kier alpha value is -2.41. The van der Waals surface area contributed by atoms with Crippen LogP contribution in [-0.2, 0) is 6.54 Å². The lowest BCUT2D eigenvalue weighted by Gasteiger charge is -2.06. The number of aromatic nitrogens is 2. The van der Waals surface area contributed by atoms with Crippen LogP contribution in [0.3, 0.4) is 0 Å². The maximum absolute atomic E-state index is 11.2. The first-order chi connectivity index (χ1) is 9.08. The lowest BCUT2D eigenvalue weighted by atomic mass is 10.2. The first-order valence-corrected chi connectivity index (χ1v) is 5.66. The average molecular weight is 281 g/mol. The summed E-state index contributed by atoms with van der Waals surface area (Å²) < 4.78 is 0. The van der Waals surface area contributed by atoms with Crippen molar-refractivity contribution < 1.29 is 4.92 Å². The molecule has 2 N–H and O–H groups in total. The third-order valence-corrected chi connectivity index (χ3v) is 2.78. The highest BCUT2D eigenvalue weighted by molar-refractivity contribution is 6.32. The van der Waals surface area contributed by atoms with Crippen LogP contribution in [0.25, 0.3) is 0 Å². The number of nitrogens with one attached hydrogen (secondary N) is 2. The zero-order valence-electron chi connectivity index (χ0n) is 9.59. The van der Waals surface area contributed by atoms with Crippen LogP contribution in [0.5, 0.6) is 0 Å². The number of halogens is 1. The second-order valence-corrected chi connectivity index (χ2v) is 4.09. The van der Waals surface area contributed by atoms with Gasteiger partial charge in [0.05, 0.1) is 16.8 Å². The molecule has 7 nitrogen and oxygen atoms in total. The lowest BCUT2D eigenvalue weighted by Crippen LogP contribution is -2.11. The van der Waals surface area contributed by atoms with E-state index >= 15 is 0 Å². The Labute approximate surface area is 112 Å². The van der Waals surface area contributed by atoms with Gasteiger partial charge < -0.3 is 5.32 Å². The van der Waals surface area contributed by atoms with E-state index in [9.17, 15) is 14.9 Å². The Kier molecular flexibility index (Phi) is 3.76. The summed E-state index contributed by atoms with van der Waals surface area (Å²) in [5, 5.41) is 19.3. The normalized spacial score (nSPS) is 10.2. The number of benzene rings is 1. The Morgan fingerprint density at radius 2 is 2.26 bits per heavy atom. The van der Waals surface area contributed by atoms with E-state index in [0.29, 0.717) is 17.8 Å². The van der Waals surface area contributed by atoms with Gasteiger partial charge in [0, 0.05) is 18.7 Å². The number of hydrogen-bond acceptors (Lipinski definition) is 5. The smallest absolute Gasteiger partial charge is 0.285 e. The van der Waals surface area contributed by atoms with Crippen molar-refractivity contribution in [3.63, 3.8) is 0 Å². The topological polar surface area (TPSA) is 101 Å². The van der Waals surface area contributed by atoms with Gasteiger partial charge in [-0.25, -0.2) is 5.10 Å². The van der Waals surface area contributed by atoms with Gasteiger partial charge >= 0.3 is 0 Å². The van der Waals surface area contributed by atoms with E-state index in [-0.39, 0.29) is 10.7 Å². The van der Waals surface area contributed by atoms with E-state index in [0.717, 1.165) is 0 Å². The summed E-state index contributed by atoms with van der Waals surface area (Å²) in [7, 11) is 0. The van der Waals surface area contributed by atoms with Gasteiger partial charge in [-0.2, -0.15) is 5.10 Å². The summed E-state index contributed by atoms with van der Waals surface area (Å²) in [4.78, 5) is 21.4. The number of anilines is 1. The van der Waals surface area contributed by atoms with E-state index in [1.165, 1.54) is 18.3 Å². The third kappa shape index (κ3) is 3.08. The number of H-pyrrole nitrogens is 1. The Morgan fingerprint density at radius 3 is 3.00 bits per heavy atom. The highest BCUT2D eigenvalue weighted by Crippen LogP contribution is 2.17. The maximum atomic E-state index is 11.2. The van der Waals surface area contributed by atoms with Gasteiger partial charge in [-0.15, -0.1) is 0 Å². The Balaban J connectivity index is 2.14. The molecule has 0 fully saturated rings. The summed E-state index contributed by atoms with van der Waals surface area (Å²) in [6.07, 6.45) is 1.38. The number of hydrogen-bond donors (Lipinski definition) is 2. The molecule has 1 aromatic carbocycles. The molecule has 0 atom stereocenters. The van der Waals surface area contributed by atoms with Crippen LogP contribution >= 0.6 is 11.6 Å². The third-order valence-electron chi connectivity index (χ3n) is 2.40. The van der Waals surface area contributed by atoms with Crippen LogP contribution in [-0.4, -0.2) is 15.1 Å². The van der Waals surface area contributed by atoms with E-state index in [1.807, 2.05) is 0 Å². The first-order valence-electron chi connectivity index (χ1n) is 5.28. The molecule has 2 aromatic rings. The number of nitro groups is 1. The molecular weight excluding hydrogens is 272 g/mol. The SMILES string of the molecule is O=c1[nH]ncc(NCc2cccc([N+](=O)[O-])c2)c1Cl. The maximum Gasteiger partial charge on any atom is 0.285 e. The van der Waals surface area contributed by atoms with Gasteiger partial charge in [-0.1, -0.05) is 23.7 Å². The summed E-state index contributed by atoms with van der Waals surface area (Å²) in [6, 6.07) is 6.17. The number of non-ortho nitro benzene ring substituents is 1. The van der Waals surface area contributed by atoms with E-state index in [1.54, 1.807) is 12.1 Å². The zero-order chi connectivity index (χ0) is 13.8. The molecule has 2 rings (SSSR count). The van der Waals surface area contributed by atoms with Crippen LogP contribution in [0.2, 0.25) is 5.02 Å². The fraction of sp³-hybridized carbons (Fsp3) is 0.0909. The molecule has 0 saturated heterocycles. The fourth-order valence-corrected chi connectivity index (χ4v) is 1.64. The molecule has 0 aliphatic heterocycles. The van der Waals surface area contributed by atoms with Crippen molar-refractivity contribution >= 4 is 23.0 Å². The van der Waals surface area contributed by atoms with E-state index in [4.69, 9.17) is 11.6 Å². The molecule has 0 radical (unpaired) electrons. The van der Waals surface area contributed by atoms with Crippen LogP contribution in [0.1, 0.15) is 5.56 Å². The molecule has 0 aliphatic carbocycles. The number of rotatable bonds is 4. The minimum atomic E-state index is -0.495. The van der Waals surface area contributed by atoms with Crippen molar-refractivity contribution in [3.8, 4) is 0 Å². The number of nitro benzene ring substituents is 1. The second kappa shape index (κ2) is 5.49. The van der Waals surface area contributed by atoms with Gasteiger partial charge in [0.15, 0.2) is 0 Å². The largest absolute Gasteiger partial charge is 0.378 e. The Morgan fingerprint density at radius 1 is 1.47 bits per heavy atom. The predicted octanol–water partition coefficient (Wildman–Crippen LogP) is 1.94. The lowest BCUT2D eigenvalue weighted by molar-refractivity contribution is -0.384. The molecule has 0 aliphatic rings. The van der Waals surface area contributed by atoms with Crippen molar-refractivity contribution in [2.75, 3.05) is 5.32 Å². The van der Waals surface area contributed by atoms with Gasteiger partial charge in [0.1, 0.15) is 5.02 Å². The number of aromatic amines is 1. The van der Waals surface area contributed by atoms with Crippen molar-refractivity contribution in [3.05, 3.63) is 61.5 Å². The first kappa shape index (κ1) is 13.0. The van der Waals surface area contributed by atoms with E-state index < -0.39 is 10.5 Å². The highest BCUT2D eigenvalue weighted by Gasteiger charge is 2.07. The summed E-state index contributed by atoms with van der Waals surface area (Å²) in [5.74, 6) is 0. The Bertz CT molecular complexity index is 671. The fourth-order valence-electron chi connectivity index (χ4n) is 1.48. The second-order valence-electron chi connectivity index (χ2n) is 3.71. The van der Waals surface area contributed by atoms with Crippen LogP contribution < -0.4 is 10.9 Å². The quantitative estimate of drug-likeness (QED) is 0.658. The molecule has 19 heavy (non-hydrogen) atoms. The van der Waals surface area contributed by atoms with Crippen molar-refractivity contribution in [2.24, 2.45) is 0 Å². The minimum Gasteiger partial charge on any atom is -0.378 e. The summed E-state index contributed by atoms with van der Waals surface area (Å²) in [5.41, 5.74) is 0.586. The molecule has 0 amide bonds. The molecule has 98 valence electrons. The van der Waals surface area contributed by atoms with E-state index in [2.05, 4.69) is 15.5 Å². The predicted molar refractivity (Wildman–Crippen MR) is 70.3 cm³/mol.